The molecule has 0 spiro atoms. The van der Waals surface area contributed by atoms with Gasteiger partial charge in [-0.2, -0.15) is 0 Å². The van der Waals surface area contributed by atoms with Crippen molar-refractivity contribution in [2.75, 3.05) is 10.9 Å². The lowest BCUT2D eigenvalue weighted by molar-refractivity contribution is 0.0378. The highest BCUT2D eigenvalue weighted by Crippen LogP contribution is 2.25. The van der Waals surface area contributed by atoms with Crippen LogP contribution < -0.4 is 10.9 Å². The summed E-state index contributed by atoms with van der Waals surface area (Å²) in [6.45, 7) is 3.42. The summed E-state index contributed by atoms with van der Waals surface area (Å²) in [5.41, 5.74) is 5.42. The van der Waals surface area contributed by atoms with Crippen LogP contribution in [0.15, 0.2) is 30.5 Å². The first-order valence-electron chi connectivity index (χ1n) is 6.70. The molecule has 0 fully saturated rings. The summed E-state index contributed by atoms with van der Waals surface area (Å²) in [5, 5.41) is 0.454. The van der Waals surface area contributed by atoms with E-state index in [2.05, 4.69) is 15.8 Å². The summed E-state index contributed by atoms with van der Waals surface area (Å²) in [7, 11) is 0. The second kappa shape index (κ2) is 7.48. The summed E-state index contributed by atoms with van der Waals surface area (Å²) < 4.78 is 19.0. The molecule has 0 aliphatic heterocycles. The molecule has 2 N–H and O–H groups in total. The lowest BCUT2D eigenvalue weighted by Crippen LogP contribution is -2.15. The van der Waals surface area contributed by atoms with Gasteiger partial charge in [-0.15, -0.1) is 0 Å². The van der Waals surface area contributed by atoms with E-state index in [0.29, 0.717) is 10.8 Å². The molecule has 23 heavy (non-hydrogen) atoms. The van der Waals surface area contributed by atoms with Crippen molar-refractivity contribution in [1.29, 1.82) is 0 Å². The molecule has 0 aliphatic carbocycles. The minimum atomic E-state index is -0.627. The number of nitrogens with one attached hydrogen (secondary N) is 2. The number of aromatic nitrogens is 1. The van der Waals surface area contributed by atoms with E-state index in [0.717, 1.165) is 6.07 Å². The van der Waals surface area contributed by atoms with E-state index in [1.54, 1.807) is 26.0 Å². The van der Waals surface area contributed by atoms with Gasteiger partial charge in [-0.05, 0) is 38.1 Å². The number of carbonyl (C=O) groups excluding carboxylic acids is 1. The zero-order valence-corrected chi connectivity index (χ0v) is 13.9. The number of pyridine rings is 1. The minimum absolute atomic E-state index is 0.0247. The lowest BCUT2D eigenvalue weighted by atomic mass is 10.2. The summed E-state index contributed by atoms with van der Waals surface area (Å²) in [6.07, 6.45) is 1.13. The van der Waals surface area contributed by atoms with E-state index in [4.69, 9.17) is 27.9 Å². The highest BCUT2D eigenvalue weighted by molar-refractivity contribution is 6.33. The largest absolute Gasteiger partial charge is 0.459 e. The molecule has 1 heterocycles. The average Bonchev–Trinajstić information content (AvgIpc) is 2.47. The SMILES string of the molecule is CC(C)OC(=O)c1cc(NNc2ccc(Cl)cn2)c(F)cc1Cl. The topological polar surface area (TPSA) is 63.2 Å². The first kappa shape index (κ1) is 17.3. The van der Waals surface area contributed by atoms with E-state index >= 15 is 0 Å². The number of benzene rings is 1. The number of halogens is 3. The Labute approximate surface area is 142 Å². The first-order valence-corrected chi connectivity index (χ1v) is 7.46. The molecule has 1 aromatic heterocycles. The average molecular weight is 358 g/mol. The van der Waals surface area contributed by atoms with E-state index in [1.807, 2.05) is 0 Å². The third-order valence-corrected chi connectivity index (χ3v) is 3.21. The van der Waals surface area contributed by atoms with Crippen molar-refractivity contribution in [3.8, 4) is 0 Å². The molecule has 0 radical (unpaired) electrons. The van der Waals surface area contributed by atoms with Crippen molar-refractivity contribution in [2.24, 2.45) is 0 Å². The molecule has 0 unspecified atom stereocenters. The molecule has 0 amide bonds. The molecule has 122 valence electrons. The van der Waals surface area contributed by atoms with Gasteiger partial charge >= 0.3 is 5.97 Å². The number of rotatable bonds is 5. The highest BCUT2D eigenvalue weighted by Gasteiger charge is 2.17. The van der Waals surface area contributed by atoms with Crippen LogP contribution in [0.5, 0.6) is 0 Å². The van der Waals surface area contributed by atoms with Crippen molar-refractivity contribution in [3.05, 3.63) is 51.9 Å². The van der Waals surface area contributed by atoms with Gasteiger partial charge in [0.15, 0.2) is 0 Å². The van der Waals surface area contributed by atoms with Crippen molar-refractivity contribution < 1.29 is 13.9 Å². The molecule has 5 nitrogen and oxygen atoms in total. The van der Waals surface area contributed by atoms with E-state index in [1.165, 1.54) is 12.3 Å². The quantitative estimate of drug-likeness (QED) is 0.607. The molecule has 0 atom stereocenters. The Morgan fingerprint density at radius 2 is 2.00 bits per heavy atom. The van der Waals surface area contributed by atoms with Crippen LogP contribution in [0.3, 0.4) is 0 Å². The van der Waals surface area contributed by atoms with Crippen LogP contribution in [0.4, 0.5) is 15.9 Å². The standard InChI is InChI=1S/C15H14Cl2FN3O2/c1-8(2)23-15(22)10-5-13(12(18)6-11(10)17)20-21-14-4-3-9(16)7-19-14/h3-8,20H,1-2H3,(H,19,21). The van der Waals surface area contributed by atoms with Gasteiger partial charge in [-0.25, -0.2) is 14.2 Å². The predicted octanol–water partition coefficient (Wildman–Crippen LogP) is 4.53. The van der Waals surface area contributed by atoms with Gasteiger partial charge in [0.2, 0.25) is 0 Å². The van der Waals surface area contributed by atoms with Gasteiger partial charge in [0, 0.05) is 6.20 Å². The fraction of sp³-hybridized carbons (Fsp3) is 0.200. The fourth-order valence-corrected chi connectivity index (χ4v) is 2.00. The zero-order chi connectivity index (χ0) is 17.0. The van der Waals surface area contributed by atoms with Crippen molar-refractivity contribution in [2.45, 2.75) is 20.0 Å². The Kier molecular flexibility index (Phi) is 5.63. The van der Waals surface area contributed by atoms with Crippen molar-refractivity contribution in [3.63, 3.8) is 0 Å². The number of nitrogens with zero attached hydrogens (tertiary/aromatic N) is 1. The Hall–Kier alpha value is -2.05. The van der Waals surface area contributed by atoms with Gasteiger partial charge in [0.05, 0.1) is 27.4 Å². The Bertz CT molecular complexity index is 709. The number of ether oxygens (including phenoxy) is 1. The zero-order valence-electron chi connectivity index (χ0n) is 12.4. The summed E-state index contributed by atoms with van der Waals surface area (Å²) in [6, 6.07) is 5.54. The van der Waals surface area contributed by atoms with Crippen LogP contribution in [0, 0.1) is 5.82 Å². The van der Waals surface area contributed by atoms with Crippen LogP contribution in [0.1, 0.15) is 24.2 Å². The maximum Gasteiger partial charge on any atom is 0.339 e. The van der Waals surface area contributed by atoms with Crippen LogP contribution in [0.2, 0.25) is 10.0 Å². The molecule has 2 aromatic rings. The molecule has 8 heteroatoms. The third kappa shape index (κ3) is 4.71. The predicted molar refractivity (Wildman–Crippen MR) is 88.5 cm³/mol. The molecule has 0 saturated carbocycles. The van der Waals surface area contributed by atoms with Gasteiger partial charge in [0.25, 0.3) is 0 Å². The van der Waals surface area contributed by atoms with Crippen LogP contribution in [0.25, 0.3) is 0 Å². The second-order valence-corrected chi connectivity index (χ2v) is 5.72. The Morgan fingerprint density at radius 3 is 2.61 bits per heavy atom. The van der Waals surface area contributed by atoms with Crippen molar-refractivity contribution in [1.82, 2.24) is 4.98 Å². The maximum absolute atomic E-state index is 13.9. The maximum atomic E-state index is 13.9. The van der Waals surface area contributed by atoms with Crippen LogP contribution >= 0.6 is 23.2 Å². The van der Waals surface area contributed by atoms with Crippen LogP contribution in [-0.2, 0) is 4.74 Å². The first-order chi connectivity index (χ1) is 10.9. The fourth-order valence-electron chi connectivity index (χ4n) is 1.66. The van der Waals surface area contributed by atoms with Gasteiger partial charge in [0.1, 0.15) is 11.6 Å². The highest BCUT2D eigenvalue weighted by atomic mass is 35.5. The Morgan fingerprint density at radius 1 is 1.26 bits per heavy atom. The number of hydrogen-bond acceptors (Lipinski definition) is 5. The molecular weight excluding hydrogens is 344 g/mol. The third-order valence-electron chi connectivity index (χ3n) is 2.67. The summed E-state index contributed by atoms with van der Waals surface area (Å²) in [4.78, 5) is 15.9. The molecule has 0 aliphatic rings. The monoisotopic (exact) mass is 357 g/mol. The summed E-state index contributed by atoms with van der Waals surface area (Å²) in [5.74, 6) is -0.828. The van der Waals surface area contributed by atoms with Crippen LogP contribution in [-0.4, -0.2) is 17.1 Å². The smallest absolute Gasteiger partial charge is 0.339 e. The number of carbonyl (C=O) groups is 1. The minimum Gasteiger partial charge on any atom is -0.459 e. The number of anilines is 2. The molecular formula is C15H14Cl2FN3O2. The number of esters is 1. The van der Waals surface area contributed by atoms with Gasteiger partial charge < -0.3 is 4.74 Å². The summed E-state index contributed by atoms with van der Waals surface area (Å²) >= 11 is 11.6. The molecule has 1 aromatic carbocycles. The van der Waals surface area contributed by atoms with Gasteiger partial charge in [-0.1, -0.05) is 23.2 Å². The number of hydrazine groups is 1. The number of hydrogen-bond donors (Lipinski definition) is 2. The second-order valence-electron chi connectivity index (χ2n) is 4.88. The normalized spacial score (nSPS) is 10.5. The van der Waals surface area contributed by atoms with Gasteiger partial charge in [-0.3, -0.25) is 10.9 Å². The van der Waals surface area contributed by atoms with E-state index in [-0.39, 0.29) is 22.4 Å². The van der Waals surface area contributed by atoms with E-state index < -0.39 is 11.8 Å². The van der Waals surface area contributed by atoms with Crippen molar-refractivity contribution >= 4 is 40.7 Å². The Balaban J connectivity index is 2.18. The molecule has 0 bridgehead atoms. The lowest BCUT2D eigenvalue weighted by Gasteiger charge is -2.13. The van der Waals surface area contributed by atoms with E-state index in [9.17, 15) is 9.18 Å². The molecule has 2 rings (SSSR count). The molecule has 0 saturated heterocycles.